The highest BCUT2D eigenvalue weighted by Crippen LogP contribution is 2.18. The lowest BCUT2D eigenvalue weighted by Gasteiger charge is -2.12. The van der Waals surface area contributed by atoms with E-state index in [2.05, 4.69) is 5.32 Å². The second-order valence-electron chi connectivity index (χ2n) is 3.71. The van der Waals surface area contributed by atoms with E-state index >= 15 is 0 Å². The third-order valence-electron chi connectivity index (χ3n) is 2.49. The third kappa shape index (κ3) is 2.17. The zero-order valence-corrected chi connectivity index (χ0v) is 10.1. The number of nitrogens with one attached hydrogen (secondary N) is 1. The first-order valence-corrected chi connectivity index (χ1v) is 6.02. The Morgan fingerprint density at radius 2 is 2.25 bits per heavy atom. The van der Waals surface area contributed by atoms with Crippen molar-refractivity contribution in [3.8, 4) is 0 Å². The molecule has 0 fully saturated rings. The van der Waals surface area contributed by atoms with Gasteiger partial charge in [0.25, 0.3) is 5.91 Å². The second kappa shape index (κ2) is 4.53. The fourth-order valence-corrected chi connectivity index (χ4v) is 2.31. The summed E-state index contributed by atoms with van der Waals surface area (Å²) in [4.78, 5) is 13.1. The Kier molecular flexibility index (Phi) is 3.10. The molecule has 0 radical (unpaired) electrons. The summed E-state index contributed by atoms with van der Waals surface area (Å²) in [5, 5.41) is 4.99. The number of aromatic nitrogens is 1. The molecule has 1 amide bonds. The van der Waals surface area contributed by atoms with Gasteiger partial charge >= 0.3 is 0 Å². The van der Waals surface area contributed by atoms with Crippen molar-refractivity contribution in [3.05, 3.63) is 46.4 Å². The van der Waals surface area contributed by atoms with E-state index in [1.165, 1.54) is 4.88 Å². The molecule has 1 unspecified atom stereocenters. The third-order valence-corrected chi connectivity index (χ3v) is 3.55. The molecule has 0 saturated heterocycles. The molecule has 16 heavy (non-hydrogen) atoms. The van der Waals surface area contributed by atoms with Gasteiger partial charge in [0.1, 0.15) is 5.69 Å². The molecule has 0 saturated carbocycles. The van der Waals surface area contributed by atoms with Gasteiger partial charge in [-0.2, -0.15) is 0 Å². The first-order chi connectivity index (χ1) is 7.68. The number of aryl methyl sites for hydroxylation is 1. The Labute approximate surface area is 98.7 Å². The maximum atomic E-state index is 11.9. The first kappa shape index (κ1) is 11.0. The van der Waals surface area contributed by atoms with Crippen LogP contribution < -0.4 is 5.32 Å². The maximum absolute atomic E-state index is 11.9. The van der Waals surface area contributed by atoms with E-state index in [-0.39, 0.29) is 11.9 Å². The van der Waals surface area contributed by atoms with Crippen LogP contribution in [0.2, 0.25) is 0 Å². The van der Waals surface area contributed by atoms with Crippen LogP contribution in [0.3, 0.4) is 0 Å². The van der Waals surface area contributed by atoms with Crippen LogP contribution in [0.1, 0.15) is 28.3 Å². The molecule has 3 nitrogen and oxygen atoms in total. The van der Waals surface area contributed by atoms with Crippen LogP contribution in [0.15, 0.2) is 35.8 Å². The predicted octanol–water partition coefficient (Wildman–Crippen LogP) is 2.58. The van der Waals surface area contributed by atoms with Gasteiger partial charge in [-0.15, -0.1) is 11.3 Å². The van der Waals surface area contributed by atoms with Crippen LogP contribution in [-0.2, 0) is 7.05 Å². The average Bonchev–Trinajstić information content (AvgIpc) is 2.86. The largest absolute Gasteiger partial charge is 0.347 e. The summed E-state index contributed by atoms with van der Waals surface area (Å²) in [6.07, 6.45) is 1.87. The highest BCUT2D eigenvalue weighted by atomic mass is 32.1. The van der Waals surface area contributed by atoms with Crippen molar-refractivity contribution >= 4 is 17.2 Å². The van der Waals surface area contributed by atoms with Gasteiger partial charge in [0.05, 0.1) is 6.04 Å². The maximum Gasteiger partial charge on any atom is 0.268 e. The Morgan fingerprint density at radius 1 is 1.44 bits per heavy atom. The predicted molar refractivity (Wildman–Crippen MR) is 65.6 cm³/mol. The Morgan fingerprint density at radius 3 is 2.81 bits per heavy atom. The van der Waals surface area contributed by atoms with Gasteiger partial charge < -0.3 is 9.88 Å². The van der Waals surface area contributed by atoms with Crippen molar-refractivity contribution < 1.29 is 4.79 Å². The molecule has 4 heteroatoms. The molecule has 0 aliphatic heterocycles. The number of amides is 1. The minimum Gasteiger partial charge on any atom is -0.347 e. The summed E-state index contributed by atoms with van der Waals surface area (Å²) in [5.74, 6) is -0.0339. The second-order valence-corrected chi connectivity index (χ2v) is 4.69. The molecule has 0 aliphatic carbocycles. The number of rotatable bonds is 3. The van der Waals surface area contributed by atoms with Crippen LogP contribution in [0, 0.1) is 0 Å². The standard InChI is InChI=1S/C12H14N2OS/c1-9(11-6-4-8-16-11)13-12(15)10-5-3-7-14(10)2/h3-9H,1-2H3,(H,13,15). The van der Waals surface area contributed by atoms with E-state index in [1.54, 1.807) is 11.3 Å². The van der Waals surface area contributed by atoms with Crippen LogP contribution in [0.4, 0.5) is 0 Å². The van der Waals surface area contributed by atoms with Gasteiger partial charge in [0, 0.05) is 18.1 Å². The SMILES string of the molecule is CC(NC(=O)c1cccn1C)c1cccs1. The highest BCUT2D eigenvalue weighted by Gasteiger charge is 2.13. The van der Waals surface area contributed by atoms with Gasteiger partial charge in [-0.05, 0) is 30.5 Å². The first-order valence-electron chi connectivity index (χ1n) is 5.14. The quantitative estimate of drug-likeness (QED) is 0.870. The molecular weight excluding hydrogens is 220 g/mol. The highest BCUT2D eigenvalue weighted by molar-refractivity contribution is 7.10. The van der Waals surface area contributed by atoms with Gasteiger partial charge in [-0.25, -0.2) is 0 Å². The average molecular weight is 234 g/mol. The van der Waals surface area contributed by atoms with Gasteiger partial charge in [-0.1, -0.05) is 6.07 Å². The van der Waals surface area contributed by atoms with Crippen LogP contribution in [0.25, 0.3) is 0 Å². The fraction of sp³-hybridized carbons (Fsp3) is 0.250. The van der Waals surface area contributed by atoms with Gasteiger partial charge in [0.2, 0.25) is 0 Å². The van der Waals surface area contributed by atoms with E-state index in [0.717, 1.165) is 0 Å². The van der Waals surface area contributed by atoms with E-state index in [9.17, 15) is 4.79 Å². The van der Waals surface area contributed by atoms with Crippen LogP contribution >= 0.6 is 11.3 Å². The zero-order valence-electron chi connectivity index (χ0n) is 9.31. The topological polar surface area (TPSA) is 34.0 Å². The minimum atomic E-state index is -0.0339. The Bertz CT molecular complexity index is 473. The lowest BCUT2D eigenvalue weighted by atomic mass is 10.2. The van der Waals surface area contributed by atoms with Crippen LogP contribution in [0.5, 0.6) is 0 Å². The smallest absolute Gasteiger partial charge is 0.268 e. The molecule has 0 bridgehead atoms. The van der Waals surface area contributed by atoms with Crippen molar-refractivity contribution in [2.75, 3.05) is 0 Å². The lowest BCUT2D eigenvalue weighted by molar-refractivity contribution is 0.0932. The summed E-state index contributed by atoms with van der Waals surface area (Å²) in [6.45, 7) is 1.99. The molecule has 84 valence electrons. The molecule has 1 N–H and O–H groups in total. The normalized spacial score (nSPS) is 12.4. The van der Waals surface area contributed by atoms with Crippen molar-refractivity contribution in [2.45, 2.75) is 13.0 Å². The van der Waals surface area contributed by atoms with E-state index in [1.807, 2.05) is 54.4 Å². The Hall–Kier alpha value is -1.55. The molecule has 0 aromatic carbocycles. The summed E-state index contributed by atoms with van der Waals surface area (Å²) in [7, 11) is 1.87. The van der Waals surface area contributed by atoms with E-state index in [4.69, 9.17) is 0 Å². The van der Waals surface area contributed by atoms with E-state index in [0.29, 0.717) is 5.69 Å². The number of carbonyl (C=O) groups is 1. The van der Waals surface area contributed by atoms with E-state index < -0.39 is 0 Å². The molecule has 0 aliphatic rings. The van der Waals surface area contributed by atoms with Crippen molar-refractivity contribution in [1.82, 2.24) is 9.88 Å². The van der Waals surface area contributed by atoms with Gasteiger partial charge in [0.15, 0.2) is 0 Å². The van der Waals surface area contributed by atoms with Crippen molar-refractivity contribution in [3.63, 3.8) is 0 Å². The summed E-state index contributed by atoms with van der Waals surface area (Å²) in [6, 6.07) is 7.76. The molecular formula is C12H14N2OS. The number of hydrogen-bond acceptors (Lipinski definition) is 2. The molecule has 2 rings (SSSR count). The van der Waals surface area contributed by atoms with Gasteiger partial charge in [-0.3, -0.25) is 4.79 Å². The zero-order chi connectivity index (χ0) is 11.5. The number of hydrogen-bond donors (Lipinski definition) is 1. The number of nitrogens with zero attached hydrogens (tertiary/aromatic N) is 1. The summed E-state index contributed by atoms with van der Waals surface area (Å²) >= 11 is 1.65. The summed E-state index contributed by atoms with van der Waals surface area (Å²) < 4.78 is 1.82. The lowest BCUT2D eigenvalue weighted by Crippen LogP contribution is -2.27. The van der Waals surface area contributed by atoms with Crippen molar-refractivity contribution in [1.29, 1.82) is 0 Å². The molecule has 2 aromatic heterocycles. The molecule has 2 heterocycles. The number of carbonyl (C=O) groups excluding carboxylic acids is 1. The fourth-order valence-electron chi connectivity index (χ4n) is 1.58. The van der Waals surface area contributed by atoms with Crippen molar-refractivity contribution in [2.24, 2.45) is 7.05 Å². The molecule has 0 spiro atoms. The number of thiophene rings is 1. The minimum absolute atomic E-state index is 0.0339. The molecule has 1 atom stereocenters. The Balaban J connectivity index is 2.06. The summed E-state index contributed by atoms with van der Waals surface area (Å²) in [5.41, 5.74) is 0.684. The van der Waals surface area contributed by atoms with Crippen LogP contribution in [-0.4, -0.2) is 10.5 Å². The monoisotopic (exact) mass is 234 g/mol. The molecule has 2 aromatic rings.